The van der Waals surface area contributed by atoms with Crippen LogP contribution in [-0.4, -0.2) is 69.3 Å². The van der Waals surface area contributed by atoms with Gasteiger partial charge in [-0.25, -0.2) is 0 Å². The van der Waals surface area contributed by atoms with Crippen LogP contribution < -0.4 is 9.64 Å². The van der Waals surface area contributed by atoms with Gasteiger partial charge in [-0.3, -0.25) is 0 Å². The van der Waals surface area contributed by atoms with E-state index < -0.39 is 0 Å². The average Bonchev–Trinajstić information content (AvgIpc) is 2.85. The topological polar surface area (TPSA) is 19.0 Å². The molecule has 0 aliphatic carbocycles. The molecule has 2 fully saturated rings. The summed E-state index contributed by atoms with van der Waals surface area (Å²) in [7, 11) is 2.20. The zero-order valence-electron chi connectivity index (χ0n) is 19.9. The molecule has 4 heteroatoms. The van der Waals surface area contributed by atoms with Gasteiger partial charge in [-0.15, -0.1) is 0 Å². The number of hydrogen-bond acceptors (Lipinski definition) is 4. The van der Waals surface area contributed by atoms with Crippen LogP contribution in [0.3, 0.4) is 0 Å². The van der Waals surface area contributed by atoms with Crippen molar-refractivity contribution in [2.75, 3.05) is 64.4 Å². The molecule has 0 amide bonds. The van der Waals surface area contributed by atoms with Crippen molar-refractivity contribution in [3.63, 3.8) is 0 Å². The molecule has 2 aliphatic heterocycles. The van der Waals surface area contributed by atoms with E-state index in [1.165, 1.54) is 63.0 Å². The minimum absolute atomic E-state index is 0.762. The summed E-state index contributed by atoms with van der Waals surface area (Å²) in [4.78, 5) is 7.53. The highest BCUT2D eigenvalue weighted by molar-refractivity contribution is 5.58. The lowest BCUT2D eigenvalue weighted by molar-refractivity contribution is 0.207. The van der Waals surface area contributed by atoms with Crippen molar-refractivity contribution in [3.8, 4) is 5.75 Å². The largest absolute Gasteiger partial charge is 0.491 e. The average molecular weight is 436 g/mol. The second-order valence-corrected chi connectivity index (χ2v) is 9.55. The van der Waals surface area contributed by atoms with E-state index in [2.05, 4.69) is 76.3 Å². The highest BCUT2D eigenvalue weighted by atomic mass is 16.5. The van der Waals surface area contributed by atoms with Gasteiger partial charge in [0.25, 0.3) is 0 Å². The Hall–Kier alpha value is -2.04. The van der Waals surface area contributed by atoms with Gasteiger partial charge in [0.15, 0.2) is 0 Å². The highest BCUT2D eigenvalue weighted by Crippen LogP contribution is 2.29. The summed E-state index contributed by atoms with van der Waals surface area (Å²) in [6.45, 7) is 9.01. The summed E-state index contributed by atoms with van der Waals surface area (Å²) in [5.41, 5.74) is 2.79. The summed E-state index contributed by atoms with van der Waals surface area (Å²) in [5, 5.41) is 0. The minimum atomic E-state index is 0.762. The fraction of sp³-hybridized carbons (Fsp3) is 0.571. The second-order valence-electron chi connectivity index (χ2n) is 9.55. The number of rotatable bonds is 10. The van der Waals surface area contributed by atoms with Crippen molar-refractivity contribution in [2.24, 2.45) is 0 Å². The molecule has 0 atom stereocenters. The van der Waals surface area contributed by atoms with E-state index >= 15 is 0 Å². The van der Waals surface area contributed by atoms with Crippen molar-refractivity contribution in [1.82, 2.24) is 9.80 Å². The van der Waals surface area contributed by atoms with Gasteiger partial charge in [-0.2, -0.15) is 0 Å². The molecular weight excluding hydrogens is 394 g/mol. The van der Waals surface area contributed by atoms with Crippen molar-refractivity contribution < 1.29 is 4.74 Å². The number of piperazine rings is 1. The van der Waals surface area contributed by atoms with Crippen LogP contribution in [0, 0.1) is 0 Å². The van der Waals surface area contributed by atoms with Gasteiger partial charge in [0.2, 0.25) is 0 Å². The Labute approximate surface area is 195 Å². The number of benzene rings is 2. The Kier molecular flexibility index (Phi) is 8.87. The van der Waals surface area contributed by atoms with Crippen molar-refractivity contribution >= 4 is 5.69 Å². The molecule has 2 aromatic rings. The molecule has 2 heterocycles. The predicted octanol–water partition coefficient (Wildman–Crippen LogP) is 5.26. The number of unbranched alkanes of at least 4 members (excludes halogenated alkanes) is 3. The van der Waals surface area contributed by atoms with Crippen LogP contribution in [0.4, 0.5) is 5.69 Å². The standard InChI is InChI=1S/C28H41N3O/c1-29-20-22-31(23-21-29)27-13-7-8-14-28(27)32-24-10-3-2-9-17-30-18-15-26(16-19-30)25-11-5-4-6-12-25/h4-8,11-14,26H,2-3,9-10,15-24H2,1H3. The van der Waals surface area contributed by atoms with Crippen LogP contribution >= 0.6 is 0 Å². The zero-order chi connectivity index (χ0) is 22.0. The number of piperidine rings is 1. The van der Waals surface area contributed by atoms with E-state index in [0.29, 0.717) is 0 Å². The SMILES string of the molecule is CN1CCN(c2ccccc2OCCCCCCN2CCC(c3ccccc3)CC2)CC1. The Morgan fingerprint density at radius 2 is 1.44 bits per heavy atom. The van der Waals surface area contributed by atoms with Crippen LogP contribution in [0.15, 0.2) is 54.6 Å². The molecule has 0 radical (unpaired) electrons. The monoisotopic (exact) mass is 435 g/mol. The van der Waals surface area contributed by atoms with E-state index in [1.807, 2.05) is 0 Å². The molecule has 2 aliphatic rings. The molecule has 0 N–H and O–H groups in total. The number of nitrogens with zero attached hydrogens (tertiary/aromatic N) is 3. The quantitative estimate of drug-likeness (QED) is 0.474. The van der Waals surface area contributed by atoms with Gasteiger partial charge in [0.1, 0.15) is 5.75 Å². The zero-order valence-corrected chi connectivity index (χ0v) is 19.9. The number of ether oxygens (including phenoxy) is 1. The molecule has 0 aromatic heterocycles. The fourth-order valence-electron chi connectivity index (χ4n) is 5.08. The Morgan fingerprint density at radius 1 is 0.750 bits per heavy atom. The van der Waals surface area contributed by atoms with Crippen molar-refractivity contribution in [3.05, 3.63) is 60.2 Å². The first-order valence-electron chi connectivity index (χ1n) is 12.7. The molecule has 174 valence electrons. The maximum atomic E-state index is 6.20. The molecule has 0 bridgehead atoms. The van der Waals surface area contributed by atoms with E-state index in [1.54, 1.807) is 0 Å². The Morgan fingerprint density at radius 3 is 2.22 bits per heavy atom. The van der Waals surface area contributed by atoms with E-state index in [0.717, 1.165) is 50.9 Å². The van der Waals surface area contributed by atoms with Crippen LogP contribution in [0.5, 0.6) is 5.75 Å². The molecule has 0 saturated carbocycles. The first-order valence-corrected chi connectivity index (χ1v) is 12.7. The number of hydrogen-bond donors (Lipinski definition) is 0. The maximum Gasteiger partial charge on any atom is 0.142 e. The molecule has 4 rings (SSSR count). The van der Waals surface area contributed by atoms with Gasteiger partial charge in [-0.05, 0) is 76.0 Å². The molecule has 2 saturated heterocycles. The first-order chi connectivity index (χ1) is 15.8. The summed E-state index contributed by atoms with van der Waals surface area (Å²) in [5.74, 6) is 1.82. The Bertz CT molecular complexity index is 780. The van der Waals surface area contributed by atoms with Gasteiger partial charge >= 0.3 is 0 Å². The predicted molar refractivity (Wildman–Crippen MR) is 135 cm³/mol. The lowest BCUT2D eigenvalue weighted by atomic mass is 9.89. The van der Waals surface area contributed by atoms with Crippen LogP contribution in [-0.2, 0) is 0 Å². The summed E-state index contributed by atoms with van der Waals surface area (Å²) in [6, 6.07) is 19.6. The first kappa shape index (κ1) is 23.1. The second kappa shape index (κ2) is 12.3. The third-order valence-corrected chi connectivity index (χ3v) is 7.19. The van der Waals surface area contributed by atoms with Crippen molar-refractivity contribution in [2.45, 2.75) is 44.4 Å². The molecule has 2 aromatic carbocycles. The number of anilines is 1. The lowest BCUT2D eigenvalue weighted by Gasteiger charge is -2.34. The fourth-order valence-corrected chi connectivity index (χ4v) is 5.08. The molecule has 0 spiro atoms. The van der Waals surface area contributed by atoms with Crippen LogP contribution in [0.2, 0.25) is 0 Å². The number of likely N-dealkylation sites (tertiary alicyclic amines) is 1. The Balaban J connectivity index is 1.08. The summed E-state index contributed by atoms with van der Waals surface area (Å²) < 4.78 is 6.20. The number of para-hydroxylation sites is 2. The van der Waals surface area contributed by atoms with Gasteiger partial charge in [-0.1, -0.05) is 55.3 Å². The minimum Gasteiger partial charge on any atom is -0.491 e. The molecule has 4 nitrogen and oxygen atoms in total. The van der Waals surface area contributed by atoms with Gasteiger partial charge < -0.3 is 19.4 Å². The van der Waals surface area contributed by atoms with Crippen LogP contribution in [0.1, 0.15) is 50.0 Å². The smallest absolute Gasteiger partial charge is 0.142 e. The lowest BCUT2D eigenvalue weighted by Crippen LogP contribution is -2.44. The normalized spacial score (nSPS) is 18.7. The van der Waals surface area contributed by atoms with E-state index in [4.69, 9.17) is 4.74 Å². The van der Waals surface area contributed by atoms with Gasteiger partial charge in [0.05, 0.1) is 12.3 Å². The number of likely N-dealkylation sites (N-methyl/N-ethyl adjacent to an activating group) is 1. The molecule has 32 heavy (non-hydrogen) atoms. The summed E-state index contributed by atoms with van der Waals surface area (Å²) in [6.07, 6.45) is 7.65. The maximum absolute atomic E-state index is 6.20. The van der Waals surface area contributed by atoms with Crippen molar-refractivity contribution in [1.29, 1.82) is 0 Å². The third kappa shape index (κ3) is 6.73. The highest BCUT2D eigenvalue weighted by Gasteiger charge is 2.20. The molecule has 0 unspecified atom stereocenters. The van der Waals surface area contributed by atoms with Crippen LogP contribution in [0.25, 0.3) is 0 Å². The van der Waals surface area contributed by atoms with Gasteiger partial charge in [0, 0.05) is 26.2 Å². The van der Waals surface area contributed by atoms with E-state index in [-0.39, 0.29) is 0 Å². The summed E-state index contributed by atoms with van der Waals surface area (Å²) >= 11 is 0. The molecular formula is C28H41N3O. The van der Waals surface area contributed by atoms with E-state index in [9.17, 15) is 0 Å². The third-order valence-electron chi connectivity index (χ3n) is 7.19.